The van der Waals surface area contributed by atoms with E-state index in [2.05, 4.69) is 11.6 Å². The number of hydrogen-bond acceptors (Lipinski definition) is 6. The van der Waals surface area contributed by atoms with Crippen LogP contribution in [0.2, 0.25) is 0 Å². The normalized spacial score (nSPS) is 20.3. The number of nitrogens with zero attached hydrogens (tertiary/aromatic N) is 1. The minimum Gasteiger partial charge on any atom is -0.485 e. The molecule has 1 aromatic rings. The summed E-state index contributed by atoms with van der Waals surface area (Å²) < 4.78 is 140. The van der Waals surface area contributed by atoms with E-state index >= 15 is 0 Å². The third-order valence-electron chi connectivity index (χ3n) is 4.84. The fraction of sp³-hybridized carbons (Fsp3) is 0.471. The fourth-order valence-electron chi connectivity index (χ4n) is 3.14. The highest BCUT2D eigenvalue weighted by atomic mass is 35.5. The molecule has 1 heterocycles. The highest BCUT2D eigenvalue weighted by Crippen LogP contribution is 2.58. The molecule has 0 radical (unpaired) electrons. The second kappa shape index (κ2) is 8.32. The van der Waals surface area contributed by atoms with Crippen molar-refractivity contribution in [1.82, 2.24) is 0 Å². The molecule has 190 valence electrons. The first kappa shape index (κ1) is 27.8. The van der Waals surface area contributed by atoms with Gasteiger partial charge in [-0.1, -0.05) is 12.1 Å². The van der Waals surface area contributed by atoms with Crippen LogP contribution in [0.4, 0.5) is 40.8 Å². The first-order valence-electron chi connectivity index (χ1n) is 8.70. The van der Waals surface area contributed by atoms with E-state index in [1.54, 1.807) is 0 Å². The van der Waals surface area contributed by atoms with Crippen molar-refractivity contribution in [2.75, 3.05) is 0 Å². The monoisotopic (exact) mass is 545 g/mol. The molecular formula is C17H12ClF8NO6S. The first-order valence-corrected chi connectivity index (χ1v) is 10.6. The molecule has 0 spiro atoms. The minimum absolute atomic E-state index is 0.449. The standard InChI is InChI=1S/C17H12ClF8NO6S/c1-7(28)12-11(9-3-5-10(6-4-9)27(29)30)13(8(2)33-12)34(31,32)17(25,26)15(21,22)14(19,20)16(18,23)24/h3-6,11-12H,1-2H3. The largest absolute Gasteiger partial charge is 0.485 e. The summed E-state index contributed by atoms with van der Waals surface area (Å²) in [6.07, 6.45) is -1.95. The molecular weight excluding hydrogens is 534 g/mol. The summed E-state index contributed by atoms with van der Waals surface area (Å²) in [5.41, 5.74) is -1.03. The molecule has 0 saturated carbocycles. The molecule has 0 aromatic heterocycles. The van der Waals surface area contributed by atoms with E-state index in [1.165, 1.54) is 0 Å². The molecule has 0 aliphatic carbocycles. The Kier molecular flexibility index (Phi) is 6.79. The Labute approximate surface area is 190 Å². The number of non-ortho nitro benzene ring substituents is 1. The molecule has 1 aliphatic heterocycles. The van der Waals surface area contributed by atoms with Crippen molar-refractivity contribution < 1.29 is 58.0 Å². The van der Waals surface area contributed by atoms with Gasteiger partial charge in [-0.2, -0.15) is 35.1 Å². The van der Waals surface area contributed by atoms with Gasteiger partial charge in [0.2, 0.25) is 9.84 Å². The number of ether oxygens (including phenoxy) is 1. The summed E-state index contributed by atoms with van der Waals surface area (Å²) in [7, 11) is -6.97. The number of nitro groups is 1. The van der Waals surface area contributed by atoms with Gasteiger partial charge in [-0.3, -0.25) is 14.9 Å². The van der Waals surface area contributed by atoms with Crippen molar-refractivity contribution in [3.8, 4) is 0 Å². The van der Waals surface area contributed by atoms with Gasteiger partial charge >= 0.3 is 22.5 Å². The maximum Gasteiger partial charge on any atom is 0.417 e. The van der Waals surface area contributed by atoms with Crippen molar-refractivity contribution in [3.63, 3.8) is 0 Å². The number of nitro benzene ring substituents is 1. The van der Waals surface area contributed by atoms with E-state index in [1.807, 2.05) is 0 Å². The number of ketones is 1. The van der Waals surface area contributed by atoms with Gasteiger partial charge in [-0.25, -0.2) is 8.42 Å². The fourth-order valence-corrected chi connectivity index (χ4v) is 5.03. The smallest absolute Gasteiger partial charge is 0.417 e. The molecule has 2 unspecified atom stereocenters. The highest BCUT2D eigenvalue weighted by Gasteiger charge is 2.84. The van der Waals surface area contributed by atoms with E-state index in [0.29, 0.717) is 6.92 Å². The van der Waals surface area contributed by atoms with Crippen molar-refractivity contribution in [3.05, 3.63) is 50.6 Å². The quantitative estimate of drug-likeness (QED) is 0.197. The molecule has 7 nitrogen and oxygen atoms in total. The lowest BCUT2D eigenvalue weighted by Crippen LogP contribution is -2.63. The van der Waals surface area contributed by atoms with Gasteiger partial charge in [-0.15, -0.1) is 0 Å². The van der Waals surface area contributed by atoms with Crippen molar-refractivity contribution in [1.29, 1.82) is 0 Å². The third-order valence-corrected chi connectivity index (χ3v) is 7.13. The second-order valence-corrected chi connectivity index (χ2v) is 9.50. The summed E-state index contributed by atoms with van der Waals surface area (Å²) in [4.78, 5) is 20.0. The van der Waals surface area contributed by atoms with E-state index in [-0.39, 0.29) is 0 Å². The van der Waals surface area contributed by atoms with Crippen molar-refractivity contribution in [2.45, 2.75) is 48.4 Å². The summed E-state index contributed by atoms with van der Waals surface area (Å²) in [6.45, 7) is 1.43. The predicted octanol–water partition coefficient (Wildman–Crippen LogP) is 5.01. The average Bonchev–Trinajstić information content (AvgIpc) is 3.04. The van der Waals surface area contributed by atoms with E-state index in [0.717, 1.165) is 31.2 Å². The number of allylic oxidation sites excluding steroid dienone is 1. The van der Waals surface area contributed by atoms with Crippen LogP contribution in [-0.4, -0.2) is 47.7 Å². The number of benzene rings is 1. The summed E-state index contributed by atoms with van der Waals surface area (Å²) >= 11 is 3.86. The molecule has 0 amide bonds. The third kappa shape index (κ3) is 3.99. The summed E-state index contributed by atoms with van der Waals surface area (Å²) in [5.74, 6) is -18.6. The van der Waals surface area contributed by atoms with Crippen LogP contribution in [0.3, 0.4) is 0 Å². The van der Waals surface area contributed by atoms with Gasteiger partial charge in [0, 0.05) is 12.1 Å². The predicted molar refractivity (Wildman–Crippen MR) is 98.7 cm³/mol. The molecule has 34 heavy (non-hydrogen) atoms. The lowest BCUT2D eigenvalue weighted by atomic mass is 9.92. The molecule has 2 rings (SSSR count). The molecule has 0 saturated heterocycles. The molecule has 2 atom stereocenters. The Bertz CT molecular complexity index is 1150. The number of hydrogen-bond donors (Lipinski definition) is 0. The lowest BCUT2D eigenvalue weighted by molar-refractivity contribution is -0.384. The minimum atomic E-state index is -7.24. The van der Waals surface area contributed by atoms with Crippen molar-refractivity contribution in [2.24, 2.45) is 0 Å². The van der Waals surface area contributed by atoms with Crippen LogP contribution in [0.15, 0.2) is 34.9 Å². The number of carbonyl (C=O) groups is 1. The van der Waals surface area contributed by atoms with E-state index in [9.17, 15) is 58.4 Å². The zero-order valence-corrected chi connectivity index (χ0v) is 18.2. The Balaban J connectivity index is 2.75. The van der Waals surface area contributed by atoms with E-state index < -0.39 is 77.0 Å². The summed E-state index contributed by atoms with van der Waals surface area (Å²) in [6, 6.07) is 3.07. The molecule has 17 heteroatoms. The van der Waals surface area contributed by atoms with Gasteiger partial charge in [-0.05, 0) is 31.0 Å². The number of alkyl halides is 9. The maximum absolute atomic E-state index is 14.5. The summed E-state index contributed by atoms with van der Waals surface area (Å²) in [5, 5.41) is -2.37. The van der Waals surface area contributed by atoms with Gasteiger partial charge in [0.25, 0.3) is 5.69 Å². The lowest BCUT2D eigenvalue weighted by Gasteiger charge is -2.34. The van der Waals surface area contributed by atoms with Crippen LogP contribution in [0.5, 0.6) is 0 Å². The van der Waals surface area contributed by atoms with Crippen LogP contribution in [0.25, 0.3) is 0 Å². The molecule has 0 bridgehead atoms. The second-order valence-electron chi connectivity index (χ2n) is 7.06. The Morgan fingerprint density at radius 2 is 1.50 bits per heavy atom. The average molecular weight is 546 g/mol. The van der Waals surface area contributed by atoms with Crippen LogP contribution in [0.1, 0.15) is 25.3 Å². The van der Waals surface area contributed by atoms with Crippen LogP contribution in [0, 0.1) is 10.1 Å². The number of rotatable bonds is 8. The van der Waals surface area contributed by atoms with Gasteiger partial charge in [0.1, 0.15) is 5.76 Å². The molecule has 1 aliphatic rings. The topological polar surface area (TPSA) is 104 Å². The molecule has 0 N–H and O–H groups in total. The number of sulfone groups is 1. The zero-order chi connectivity index (χ0) is 26.7. The van der Waals surface area contributed by atoms with Gasteiger partial charge in [0.05, 0.1) is 15.7 Å². The molecule has 0 fully saturated rings. The number of halogens is 9. The zero-order valence-electron chi connectivity index (χ0n) is 16.7. The molecule has 1 aromatic carbocycles. The highest BCUT2D eigenvalue weighted by molar-refractivity contribution is 7.96. The number of carbonyl (C=O) groups excluding carboxylic acids is 1. The Morgan fingerprint density at radius 1 is 1.03 bits per heavy atom. The Hall–Kier alpha value is -2.49. The SMILES string of the molecule is CC(=O)C1OC(C)=C(S(=O)(=O)C(F)(F)C(F)(F)C(F)(F)C(F)(F)Cl)C1c1ccc([N+](=O)[O-])cc1. The number of Topliss-reactive ketones (excluding diaryl/α,β-unsaturated/α-hetero) is 1. The van der Waals surface area contributed by atoms with Crippen LogP contribution < -0.4 is 0 Å². The maximum atomic E-state index is 14.5. The van der Waals surface area contributed by atoms with Crippen LogP contribution >= 0.6 is 11.6 Å². The van der Waals surface area contributed by atoms with E-state index in [4.69, 9.17) is 4.74 Å². The first-order chi connectivity index (χ1) is 15.1. The van der Waals surface area contributed by atoms with Gasteiger partial charge in [0.15, 0.2) is 11.9 Å². The van der Waals surface area contributed by atoms with Crippen molar-refractivity contribution >= 4 is 32.9 Å². The Morgan fingerprint density at radius 3 is 1.88 bits per heavy atom. The van der Waals surface area contributed by atoms with Gasteiger partial charge < -0.3 is 4.74 Å². The van der Waals surface area contributed by atoms with Crippen LogP contribution in [-0.2, 0) is 19.4 Å².